The number of carbonyl (C=O) groups is 1. The molecular formula is C11H17N3O2. The summed E-state index contributed by atoms with van der Waals surface area (Å²) in [7, 11) is 3.77. The average molecular weight is 223 g/mol. The molecule has 0 fully saturated rings. The zero-order chi connectivity index (χ0) is 12.1. The van der Waals surface area contributed by atoms with Crippen LogP contribution in [0.1, 0.15) is 10.4 Å². The van der Waals surface area contributed by atoms with Crippen LogP contribution in [0.5, 0.6) is 0 Å². The summed E-state index contributed by atoms with van der Waals surface area (Å²) in [5, 5.41) is 11.2. The van der Waals surface area contributed by atoms with E-state index < -0.39 is 0 Å². The van der Waals surface area contributed by atoms with Gasteiger partial charge in [-0.05, 0) is 18.2 Å². The number of hydrogen-bond acceptors (Lipinski definition) is 4. The molecule has 1 rings (SSSR count). The summed E-state index contributed by atoms with van der Waals surface area (Å²) >= 11 is 0. The van der Waals surface area contributed by atoms with Crippen LogP contribution < -0.4 is 16.0 Å². The van der Waals surface area contributed by atoms with Gasteiger partial charge >= 0.3 is 0 Å². The van der Waals surface area contributed by atoms with E-state index >= 15 is 0 Å². The monoisotopic (exact) mass is 223 g/mol. The van der Waals surface area contributed by atoms with Gasteiger partial charge in [0.15, 0.2) is 0 Å². The molecule has 0 atom stereocenters. The van der Waals surface area contributed by atoms with E-state index in [1.54, 1.807) is 18.2 Å². The van der Waals surface area contributed by atoms with E-state index in [1.165, 1.54) is 0 Å². The number of aliphatic hydroxyl groups excluding tert-OH is 1. The van der Waals surface area contributed by atoms with E-state index in [1.807, 2.05) is 19.0 Å². The molecule has 0 aliphatic carbocycles. The van der Waals surface area contributed by atoms with E-state index in [0.29, 0.717) is 11.3 Å². The third-order valence-corrected chi connectivity index (χ3v) is 2.17. The van der Waals surface area contributed by atoms with Gasteiger partial charge in [0.2, 0.25) is 0 Å². The molecule has 5 heteroatoms. The molecule has 0 unspecified atom stereocenters. The first-order chi connectivity index (χ1) is 7.56. The molecular weight excluding hydrogens is 206 g/mol. The molecule has 0 spiro atoms. The van der Waals surface area contributed by atoms with Crippen molar-refractivity contribution >= 4 is 17.3 Å². The fraction of sp³-hybridized carbons (Fsp3) is 0.364. The Morgan fingerprint density at radius 2 is 2.19 bits per heavy atom. The fourth-order valence-corrected chi connectivity index (χ4v) is 1.37. The van der Waals surface area contributed by atoms with Gasteiger partial charge in [-0.25, -0.2) is 0 Å². The van der Waals surface area contributed by atoms with E-state index in [9.17, 15) is 4.79 Å². The van der Waals surface area contributed by atoms with Crippen molar-refractivity contribution in [3.8, 4) is 0 Å². The minimum absolute atomic E-state index is 0.0724. The number of amides is 1. The molecule has 0 aliphatic heterocycles. The summed E-state index contributed by atoms with van der Waals surface area (Å²) in [6.07, 6.45) is 0. The van der Waals surface area contributed by atoms with Crippen molar-refractivity contribution < 1.29 is 9.90 Å². The maximum atomic E-state index is 11.5. The minimum Gasteiger partial charge on any atom is -0.397 e. The van der Waals surface area contributed by atoms with Gasteiger partial charge in [0.25, 0.3) is 5.91 Å². The van der Waals surface area contributed by atoms with Crippen molar-refractivity contribution in [3.05, 3.63) is 23.8 Å². The SMILES string of the molecule is CN(C)c1ccc(C(=O)NCCO)cc1N. The first-order valence-corrected chi connectivity index (χ1v) is 5.02. The second-order valence-corrected chi connectivity index (χ2v) is 3.65. The number of benzene rings is 1. The van der Waals surface area contributed by atoms with Gasteiger partial charge in [-0.15, -0.1) is 0 Å². The Kier molecular flexibility index (Phi) is 4.13. The van der Waals surface area contributed by atoms with Gasteiger partial charge in [0, 0.05) is 26.2 Å². The molecule has 5 nitrogen and oxygen atoms in total. The Bertz CT molecular complexity index is 377. The molecule has 0 heterocycles. The molecule has 1 aromatic carbocycles. The van der Waals surface area contributed by atoms with Crippen LogP contribution in [0.25, 0.3) is 0 Å². The summed E-state index contributed by atoms with van der Waals surface area (Å²) in [6.45, 7) is 0.172. The van der Waals surface area contributed by atoms with Crippen LogP contribution in [0.3, 0.4) is 0 Å². The van der Waals surface area contributed by atoms with Gasteiger partial charge in [-0.1, -0.05) is 0 Å². The number of nitrogen functional groups attached to an aromatic ring is 1. The topological polar surface area (TPSA) is 78.6 Å². The zero-order valence-electron chi connectivity index (χ0n) is 9.53. The summed E-state index contributed by atoms with van der Waals surface area (Å²) in [6, 6.07) is 5.13. The largest absolute Gasteiger partial charge is 0.397 e. The highest BCUT2D eigenvalue weighted by molar-refractivity contribution is 5.96. The Balaban J connectivity index is 2.84. The summed E-state index contributed by atoms with van der Waals surface area (Å²) in [5.74, 6) is -0.231. The lowest BCUT2D eigenvalue weighted by atomic mass is 10.1. The molecule has 16 heavy (non-hydrogen) atoms. The van der Waals surface area contributed by atoms with Crippen LogP contribution in [0.2, 0.25) is 0 Å². The van der Waals surface area contributed by atoms with E-state index in [4.69, 9.17) is 10.8 Å². The van der Waals surface area contributed by atoms with Crippen molar-refractivity contribution in [2.45, 2.75) is 0 Å². The van der Waals surface area contributed by atoms with Crippen molar-refractivity contribution in [1.82, 2.24) is 5.32 Å². The van der Waals surface area contributed by atoms with Crippen LogP contribution >= 0.6 is 0 Å². The minimum atomic E-state index is -0.231. The molecule has 0 saturated carbocycles. The molecule has 0 aromatic heterocycles. The van der Waals surface area contributed by atoms with Crippen molar-refractivity contribution in [2.75, 3.05) is 37.9 Å². The number of nitrogens with zero attached hydrogens (tertiary/aromatic N) is 1. The lowest BCUT2D eigenvalue weighted by molar-refractivity contribution is 0.0945. The number of nitrogens with two attached hydrogens (primary N) is 1. The van der Waals surface area contributed by atoms with Crippen molar-refractivity contribution in [1.29, 1.82) is 0 Å². The Morgan fingerprint density at radius 1 is 1.50 bits per heavy atom. The van der Waals surface area contributed by atoms with Gasteiger partial charge < -0.3 is 21.1 Å². The molecule has 0 saturated heterocycles. The zero-order valence-corrected chi connectivity index (χ0v) is 9.53. The van der Waals surface area contributed by atoms with Crippen molar-refractivity contribution in [2.24, 2.45) is 0 Å². The quantitative estimate of drug-likeness (QED) is 0.631. The Morgan fingerprint density at radius 3 is 2.69 bits per heavy atom. The highest BCUT2D eigenvalue weighted by Gasteiger charge is 2.08. The van der Waals surface area contributed by atoms with Crippen molar-refractivity contribution in [3.63, 3.8) is 0 Å². The second kappa shape index (κ2) is 5.37. The van der Waals surface area contributed by atoms with Crippen LogP contribution in [0.15, 0.2) is 18.2 Å². The predicted octanol–water partition coefficient (Wildman–Crippen LogP) is 0.0569. The molecule has 88 valence electrons. The summed E-state index contributed by atoms with van der Waals surface area (Å²) in [5.41, 5.74) is 7.75. The third-order valence-electron chi connectivity index (χ3n) is 2.17. The van der Waals surface area contributed by atoms with E-state index in [-0.39, 0.29) is 19.1 Å². The van der Waals surface area contributed by atoms with Crippen LogP contribution in [0.4, 0.5) is 11.4 Å². The lowest BCUT2D eigenvalue weighted by Crippen LogP contribution is -2.26. The lowest BCUT2D eigenvalue weighted by Gasteiger charge is -2.15. The standard InChI is InChI=1S/C11H17N3O2/c1-14(2)10-4-3-8(7-9(10)12)11(16)13-5-6-15/h3-4,7,15H,5-6,12H2,1-2H3,(H,13,16). The number of aliphatic hydroxyl groups is 1. The van der Waals surface area contributed by atoms with E-state index in [0.717, 1.165) is 5.69 Å². The van der Waals surface area contributed by atoms with E-state index in [2.05, 4.69) is 5.32 Å². The smallest absolute Gasteiger partial charge is 0.251 e. The van der Waals surface area contributed by atoms with Crippen LogP contribution in [0, 0.1) is 0 Å². The Hall–Kier alpha value is -1.75. The molecule has 1 aromatic rings. The molecule has 0 radical (unpaired) electrons. The first-order valence-electron chi connectivity index (χ1n) is 5.02. The molecule has 1 amide bonds. The predicted molar refractivity (Wildman–Crippen MR) is 64.6 cm³/mol. The summed E-state index contributed by atoms with van der Waals surface area (Å²) < 4.78 is 0. The second-order valence-electron chi connectivity index (χ2n) is 3.65. The third kappa shape index (κ3) is 2.87. The number of anilines is 2. The number of hydrogen-bond donors (Lipinski definition) is 3. The number of carbonyl (C=O) groups excluding carboxylic acids is 1. The normalized spacial score (nSPS) is 9.94. The Labute approximate surface area is 94.9 Å². The number of nitrogens with one attached hydrogen (secondary N) is 1. The molecule has 0 bridgehead atoms. The number of rotatable bonds is 4. The van der Waals surface area contributed by atoms with Crippen LogP contribution in [-0.4, -0.2) is 38.3 Å². The first kappa shape index (κ1) is 12.3. The molecule has 0 aliphatic rings. The maximum absolute atomic E-state index is 11.5. The highest BCUT2D eigenvalue weighted by Crippen LogP contribution is 2.22. The highest BCUT2D eigenvalue weighted by atomic mass is 16.3. The van der Waals surface area contributed by atoms with Crippen LogP contribution in [-0.2, 0) is 0 Å². The average Bonchev–Trinajstić information content (AvgIpc) is 2.25. The maximum Gasteiger partial charge on any atom is 0.251 e. The van der Waals surface area contributed by atoms with Gasteiger partial charge in [-0.2, -0.15) is 0 Å². The van der Waals surface area contributed by atoms with Gasteiger partial charge in [0.1, 0.15) is 0 Å². The molecule has 4 N–H and O–H groups in total. The fourth-order valence-electron chi connectivity index (χ4n) is 1.37. The summed E-state index contributed by atoms with van der Waals surface area (Å²) in [4.78, 5) is 13.4. The van der Waals surface area contributed by atoms with Gasteiger partial charge in [0.05, 0.1) is 18.0 Å². The van der Waals surface area contributed by atoms with Gasteiger partial charge in [-0.3, -0.25) is 4.79 Å².